The lowest BCUT2D eigenvalue weighted by Crippen LogP contribution is -2.38. The second-order valence-electron chi connectivity index (χ2n) is 7.75. The lowest BCUT2D eigenvalue weighted by atomic mass is 10.1. The Morgan fingerprint density at radius 1 is 1.06 bits per heavy atom. The van der Waals surface area contributed by atoms with Gasteiger partial charge in [0.25, 0.3) is 0 Å². The van der Waals surface area contributed by atoms with Crippen molar-refractivity contribution in [2.75, 3.05) is 19.6 Å². The van der Waals surface area contributed by atoms with Crippen molar-refractivity contribution >= 4 is 11.9 Å². The van der Waals surface area contributed by atoms with Crippen LogP contribution in [0.15, 0.2) is 53.5 Å². The van der Waals surface area contributed by atoms with Crippen molar-refractivity contribution in [3.8, 4) is 0 Å². The van der Waals surface area contributed by atoms with E-state index in [1.807, 2.05) is 36.1 Å². The smallest absolute Gasteiger partial charge is 0.357 e. The molecule has 0 aromatic heterocycles. The van der Waals surface area contributed by atoms with Gasteiger partial charge in [0.15, 0.2) is 5.96 Å². The number of guanidine groups is 1. The molecule has 0 radical (unpaired) electrons. The summed E-state index contributed by atoms with van der Waals surface area (Å²) in [6.45, 7) is 5.07. The molecule has 2 N–H and O–H groups in total. The zero-order valence-electron chi connectivity index (χ0n) is 18.2. The molecule has 2 aromatic carbocycles. The SMILES string of the molecule is CCNC(=NCc1ccccc1CN1CCCC1=O)NCCc1ccc(C(F)(F)F)cc1. The number of nitrogens with one attached hydrogen (secondary N) is 2. The summed E-state index contributed by atoms with van der Waals surface area (Å²) in [5.74, 6) is 0.841. The van der Waals surface area contributed by atoms with Gasteiger partial charge in [0.2, 0.25) is 5.91 Å². The van der Waals surface area contributed by atoms with Crippen molar-refractivity contribution in [2.45, 2.75) is 45.5 Å². The third-order valence-electron chi connectivity index (χ3n) is 5.39. The van der Waals surface area contributed by atoms with Crippen LogP contribution in [0.1, 0.15) is 42.0 Å². The Hall–Kier alpha value is -3.03. The Labute approximate surface area is 186 Å². The van der Waals surface area contributed by atoms with Crippen molar-refractivity contribution in [1.82, 2.24) is 15.5 Å². The highest BCUT2D eigenvalue weighted by molar-refractivity contribution is 5.80. The standard InChI is InChI=1S/C24H29F3N4O/c1-2-28-23(29-14-13-18-9-11-21(12-10-18)24(25,26)27)30-16-19-6-3-4-7-20(19)17-31-15-5-8-22(31)32/h3-4,6-7,9-12H,2,5,8,13-17H2,1H3,(H2,28,29,30). The fourth-order valence-corrected chi connectivity index (χ4v) is 3.63. The van der Waals surface area contributed by atoms with Gasteiger partial charge in [-0.1, -0.05) is 36.4 Å². The monoisotopic (exact) mass is 446 g/mol. The van der Waals surface area contributed by atoms with Gasteiger partial charge in [-0.05, 0) is 48.6 Å². The molecule has 0 saturated carbocycles. The third-order valence-corrected chi connectivity index (χ3v) is 5.39. The Bertz CT molecular complexity index is 926. The molecule has 32 heavy (non-hydrogen) atoms. The van der Waals surface area contributed by atoms with Gasteiger partial charge >= 0.3 is 6.18 Å². The van der Waals surface area contributed by atoms with Gasteiger partial charge in [-0.3, -0.25) is 4.79 Å². The lowest BCUT2D eigenvalue weighted by Gasteiger charge is -2.18. The van der Waals surface area contributed by atoms with Crippen LogP contribution in [-0.2, 0) is 30.5 Å². The van der Waals surface area contributed by atoms with E-state index in [0.29, 0.717) is 45.0 Å². The van der Waals surface area contributed by atoms with Crippen molar-refractivity contribution in [3.05, 3.63) is 70.8 Å². The molecular weight excluding hydrogens is 417 g/mol. The summed E-state index contributed by atoms with van der Waals surface area (Å²) in [6.07, 6.45) is -2.21. The molecule has 2 aromatic rings. The Kier molecular flexibility index (Phi) is 8.14. The van der Waals surface area contributed by atoms with Crippen LogP contribution in [-0.4, -0.2) is 36.4 Å². The normalized spacial score (nSPS) is 14.7. The van der Waals surface area contributed by atoms with Crippen molar-refractivity contribution in [1.29, 1.82) is 0 Å². The van der Waals surface area contributed by atoms with Crippen molar-refractivity contribution in [2.24, 2.45) is 4.99 Å². The summed E-state index contributed by atoms with van der Waals surface area (Å²) in [7, 11) is 0. The fourth-order valence-electron chi connectivity index (χ4n) is 3.63. The molecule has 0 spiro atoms. The highest BCUT2D eigenvalue weighted by Crippen LogP contribution is 2.29. The Morgan fingerprint density at radius 3 is 2.41 bits per heavy atom. The number of carbonyl (C=O) groups excluding carboxylic acids is 1. The molecular formula is C24H29F3N4O. The average Bonchev–Trinajstić information content (AvgIpc) is 3.17. The van der Waals surface area contributed by atoms with E-state index in [1.54, 1.807) is 0 Å². The molecule has 0 unspecified atom stereocenters. The predicted molar refractivity (Wildman–Crippen MR) is 119 cm³/mol. The van der Waals surface area contributed by atoms with E-state index < -0.39 is 11.7 Å². The highest BCUT2D eigenvalue weighted by Gasteiger charge is 2.29. The van der Waals surface area contributed by atoms with Gasteiger partial charge in [0.05, 0.1) is 12.1 Å². The number of rotatable bonds is 8. The quantitative estimate of drug-likeness (QED) is 0.474. The molecule has 1 fully saturated rings. The molecule has 1 amide bonds. The molecule has 1 heterocycles. The molecule has 1 aliphatic rings. The number of amides is 1. The van der Waals surface area contributed by atoms with Crippen LogP contribution in [0.4, 0.5) is 13.2 Å². The summed E-state index contributed by atoms with van der Waals surface area (Å²) in [6, 6.07) is 13.2. The number of halogens is 3. The zero-order chi connectivity index (χ0) is 23.0. The minimum Gasteiger partial charge on any atom is -0.357 e. The summed E-state index contributed by atoms with van der Waals surface area (Å²) < 4.78 is 38.1. The molecule has 172 valence electrons. The third kappa shape index (κ3) is 6.73. The Balaban J connectivity index is 1.57. The topological polar surface area (TPSA) is 56.7 Å². The number of carbonyl (C=O) groups is 1. The first-order valence-electron chi connectivity index (χ1n) is 10.9. The summed E-state index contributed by atoms with van der Waals surface area (Å²) >= 11 is 0. The van der Waals surface area contributed by atoms with E-state index in [-0.39, 0.29) is 5.91 Å². The van der Waals surface area contributed by atoms with Crippen LogP contribution < -0.4 is 10.6 Å². The van der Waals surface area contributed by atoms with Crippen molar-refractivity contribution in [3.63, 3.8) is 0 Å². The van der Waals surface area contributed by atoms with Crippen LogP contribution in [0.2, 0.25) is 0 Å². The first-order chi connectivity index (χ1) is 15.4. The van der Waals surface area contributed by atoms with E-state index in [4.69, 9.17) is 0 Å². The predicted octanol–water partition coefficient (Wildman–Crippen LogP) is 4.13. The van der Waals surface area contributed by atoms with Crippen LogP contribution in [0.25, 0.3) is 0 Å². The highest BCUT2D eigenvalue weighted by atomic mass is 19.4. The molecule has 0 aliphatic carbocycles. The number of benzene rings is 2. The molecule has 1 saturated heterocycles. The summed E-state index contributed by atoms with van der Waals surface area (Å²) in [4.78, 5) is 18.5. The van der Waals surface area contributed by atoms with E-state index >= 15 is 0 Å². The largest absolute Gasteiger partial charge is 0.416 e. The number of likely N-dealkylation sites (tertiary alicyclic amines) is 1. The second-order valence-corrected chi connectivity index (χ2v) is 7.75. The van der Waals surface area contributed by atoms with Crippen molar-refractivity contribution < 1.29 is 18.0 Å². The maximum Gasteiger partial charge on any atom is 0.416 e. The molecule has 1 aliphatic heterocycles. The van der Waals surface area contributed by atoms with Gasteiger partial charge in [0.1, 0.15) is 0 Å². The maximum atomic E-state index is 12.7. The number of hydrogen-bond acceptors (Lipinski definition) is 2. The van der Waals surface area contributed by atoms with Gasteiger partial charge < -0.3 is 15.5 Å². The minimum absolute atomic E-state index is 0.196. The maximum absolute atomic E-state index is 12.7. The minimum atomic E-state index is -4.32. The Morgan fingerprint density at radius 2 is 1.78 bits per heavy atom. The zero-order valence-corrected chi connectivity index (χ0v) is 18.2. The van der Waals surface area contributed by atoms with E-state index in [1.165, 1.54) is 12.1 Å². The summed E-state index contributed by atoms with van der Waals surface area (Å²) in [5.41, 5.74) is 2.33. The lowest BCUT2D eigenvalue weighted by molar-refractivity contribution is -0.137. The molecule has 0 bridgehead atoms. The van der Waals surface area contributed by atoms with E-state index in [2.05, 4.69) is 15.6 Å². The number of hydrogen-bond donors (Lipinski definition) is 2. The molecule has 3 rings (SSSR count). The fraction of sp³-hybridized carbons (Fsp3) is 0.417. The summed E-state index contributed by atoms with van der Waals surface area (Å²) in [5, 5.41) is 6.43. The number of nitrogens with zero attached hydrogens (tertiary/aromatic N) is 2. The second kappa shape index (κ2) is 11.0. The van der Waals surface area contributed by atoms with Crippen LogP contribution in [0.3, 0.4) is 0 Å². The molecule has 5 nitrogen and oxygen atoms in total. The molecule has 0 atom stereocenters. The van der Waals surface area contributed by atoms with E-state index in [0.717, 1.165) is 41.8 Å². The van der Waals surface area contributed by atoms with Crippen LogP contribution in [0, 0.1) is 0 Å². The first-order valence-corrected chi connectivity index (χ1v) is 10.9. The van der Waals surface area contributed by atoms with Crippen LogP contribution in [0.5, 0.6) is 0 Å². The number of alkyl halides is 3. The van der Waals surface area contributed by atoms with Crippen LogP contribution >= 0.6 is 0 Å². The first kappa shape index (κ1) is 23.6. The van der Waals surface area contributed by atoms with Gasteiger partial charge in [-0.2, -0.15) is 13.2 Å². The number of aliphatic imine (C=N–C) groups is 1. The average molecular weight is 447 g/mol. The molecule has 8 heteroatoms. The van der Waals surface area contributed by atoms with Gasteiger partial charge in [-0.15, -0.1) is 0 Å². The van der Waals surface area contributed by atoms with Gasteiger partial charge in [-0.25, -0.2) is 4.99 Å². The van der Waals surface area contributed by atoms with Gasteiger partial charge in [0, 0.05) is 32.6 Å². The van der Waals surface area contributed by atoms with E-state index in [9.17, 15) is 18.0 Å².